The van der Waals surface area contributed by atoms with Gasteiger partial charge >= 0.3 is 54.0 Å². The molecule has 0 aliphatic rings. The molecule has 3 nitrogen and oxygen atoms in total. The molecule has 0 radical (unpaired) electrons. The number of rotatable bonds is 5. The number of alkyl halides is 19. The Balaban J connectivity index is 3.97. The minimum atomic E-state index is -7.94. The summed E-state index contributed by atoms with van der Waals surface area (Å²) >= 11 is 0. The van der Waals surface area contributed by atoms with Gasteiger partial charge in [0.15, 0.2) is 5.69 Å². The van der Waals surface area contributed by atoms with Crippen molar-refractivity contribution >= 4 is 5.91 Å². The summed E-state index contributed by atoms with van der Waals surface area (Å²) in [5.41, 5.74) is -7.18. The summed E-state index contributed by atoms with van der Waals surface area (Å²) < 4.78 is 241. The fraction of sp³-hybridized carbons (Fsp3) is 0.667. The smallest absolute Gasteiger partial charge is 0.265 e. The SMILES string of the molecule is O=C(n1nc(C(F)(F)F)cc1C(F)(F)C(F)(F)C(F)(F)C(F)(F)F)C(F)(F)C(F)(F)C(F)(F)F. The monoisotopic (exact) mass is 550 g/mol. The molecule has 198 valence electrons. The first-order valence-electron chi connectivity index (χ1n) is 7.24. The number of hydrogen-bond acceptors (Lipinski definition) is 2. The van der Waals surface area contributed by atoms with Crippen LogP contribution in [0.15, 0.2) is 6.07 Å². The molecule has 1 heterocycles. The van der Waals surface area contributed by atoms with E-state index in [2.05, 4.69) is 0 Å². The Kier molecular flexibility index (Phi) is 6.54. The molecule has 0 bridgehead atoms. The summed E-state index contributed by atoms with van der Waals surface area (Å²) in [5.74, 6) is -42.9. The molecule has 1 aromatic heterocycles. The fourth-order valence-corrected chi connectivity index (χ4v) is 1.88. The third kappa shape index (κ3) is 4.11. The van der Waals surface area contributed by atoms with Gasteiger partial charge in [-0.15, -0.1) is 0 Å². The third-order valence-corrected chi connectivity index (χ3v) is 3.68. The van der Waals surface area contributed by atoms with Crippen molar-refractivity contribution in [1.82, 2.24) is 9.78 Å². The zero-order valence-corrected chi connectivity index (χ0v) is 14.6. The zero-order chi connectivity index (χ0) is 27.7. The molecule has 0 aliphatic heterocycles. The Morgan fingerprint density at radius 2 is 1.00 bits per heavy atom. The van der Waals surface area contributed by atoms with Gasteiger partial charge in [-0.3, -0.25) is 4.79 Å². The summed E-state index contributed by atoms with van der Waals surface area (Å²) in [6, 6.07) is -1.71. The number of carbonyl (C=O) groups is 1. The van der Waals surface area contributed by atoms with Crippen LogP contribution in [0, 0.1) is 0 Å². The molecule has 1 aromatic rings. The van der Waals surface area contributed by atoms with Gasteiger partial charge in [-0.2, -0.15) is 93.2 Å². The molecule has 34 heavy (non-hydrogen) atoms. The molecule has 0 unspecified atom stereocenters. The van der Waals surface area contributed by atoms with Gasteiger partial charge in [-0.25, -0.2) is 0 Å². The van der Waals surface area contributed by atoms with Crippen molar-refractivity contribution in [1.29, 1.82) is 0 Å². The van der Waals surface area contributed by atoms with Gasteiger partial charge in [-0.1, -0.05) is 0 Å². The average molecular weight is 550 g/mol. The van der Waals surface area contributed by atoms with Crippen LogP contribution in [-0.2, 0) is 12.1 Å². The minimum Gasteiger partial charge on any atom is -0.265 e. The van der Waals surface area contributed by atoms with Crippen molar-refractivity contribution in [2.45, 2.75) is 48.1 Å². The van der Waals surface area contributed by atoms with E-state index < -0.39 is 76.2 Å². The maximum Gasteiger partial charge on any atom is 0.460 e. The molecule has 0 saturated carbocycles. The van der Waals surface area contributed by atoms with Crippen LogP contribution in [0.25, 0.3) is 0 Å². The molecule has 0 fully saturated rings. The van der Waals surface area contributed by atoms with Crippen LogP contribution in [-0.4, -0.2) is 51.7 Å². The van der Waals surface area contributed by atoms with Gasteiger partial charge in [0.1, 0.15) is 5.69 Å². The van der Waals surface area contributed by atoms with Gasteiger partial charge in [-0.05, 0) is 6.07 Å². The summed E-state index contributed by atoms with van der Waals surface area (Å²) in [7, 11) is 0. The maximum atomic E-state index is 13.9. The number of halogens is 19. The molecular weight excluding hydrogens is 549 g/mol. The van der Waals surface area contributed by atoms with Crippen LogP contribution < -0.4 is 0 Å². The van der Waals surface area contributed by atoms with Crippen LogP contribution in [0.2, 0.25) is 0 Å². The van der Waals surface area contributed by atoms with Crippen LogP contribution in [0.3, 0.4) is 0 Å². The summed E-state index contributed by atoms with van der Waals surface area (Å²) in [4.78, 5) is 11.4. The van der Waals surface area contributed by atoms with Gasteiger partial charge in [0, 0.05) is 0 Å². The standard InChI is InChI=1S/C12HF19N2O/c13-5(14,8(20,21)10(24,25)12(29,30)31)3-1-2(7(17,18)19)32-33(3)4(34)6(15,16)9(22,23)11(26,27)28/h1H. The number of nitrogens with zero attached hydrogens (tertiary/aromatic N) is 2. The highest BCUT2D eigenvalue weighted by molar-refractivity contribution is 5.87. The first-order chi connectivity index (χ1) is 14.5. The molecule has 0 N–H and O–H groups in total. The van der Waals surface area contributed by atoms with E-state index in [1.165, 1.54) is 5.10 Å². The van der Waals surface area contributed by atoms with E-state index in [-0.39, 0.29) is 0 Å². The molecule has 0 saturated heterocycles. The van der Waals surface area contributed by atoms with E-state index in [4.69, 9.17) is 0 Å². The quantitative estimate of drug-likeness (QED) is 0.404. The summed E-state index contributed by atoms with van der Waals surface area (Å²) in [5, 5.41) is 1.39. The van der Waals surface area contributed by atoms with Crippen LogP contribution in [0.1, 0.15) is 16.2 Å². The van der Waals surface area contributed by atoms with E-state index >= 15 is 0 Å². The number of hydrogen-bond donors (Lipinski definition) is 0. The number of carbonyl (C=O) groups excluding carboxylic acids is 1. The summed E-state index contributed by atoms with van der Waals surface area (Å²) in [6.45, 7) is 0. The second kappa shape index (κ2) is 7.52. The summed E-state index contributed by atoms with van der Waals surface area (Å²) in [6.07, 6.45) is -21.4. The topological polar surface area (TPSA) is 34.9 Å². The Hall–Kier alpha value is -2.45. The van der Waals surface area contributed by atoms with Gasteiger partial charge in [0.2, 0.25) is 0 Å². The average Bonchev–Trinajstić information content (AvgIpc) is 3.04. The minimum absolute atomic E-state index is 1.39. The molecule has 1 rings (SSSR count). The largest absolute Gasteiger partial charge is 0.460 e. The maximum absolute atomic E-state index is 13.9. The van der Waals surface area contributed by atoms with E-state index in [9.17, 15) is 88.2 Å². The molecule has 0 aromatic carbocycles. The first-order valence-corrected chi connectivity index (χ1v) is 7.24. The molecule has 0 amide bonds. The van der Waals surface area contributed by atoms with Crippen molar-refractivity contribution in [2.75, 3.05) is 0 Å². The van der Waals surface area contributed by atoms with E-state index in [0.717, 1.165) is 0 Å². The Labute approximate surface area is 171 Å². The highest BCUT2D eigenvalue weighted by Gasteiger charge is 2.83. The van der Waals surface area contributed by atoms with Crippen molar-refractivity contribution in [3.8, 4) is 0 Å². The van der Waals surface area contributed by atoms with Crippen molar-refractivity contribution in [3.05, 3.63) is 17.5 Å². The first kappa shape index (κ1) is 29.6. The fourth-order valence-electron chi connectivity index (χ4n) is 1.88. The van der Waals surface area contributed by atoms with Gasteiger partial charge in [0.25, 0.3) is 0 Å². The van der Waals surface area contributed by atoms with E-state index in [0.29, 0.717) is 0 Å². The van der Waals surface area contributed by atoms with Crippen molar-refractivity contribution < 1.29 is 88.2 Å². The Morgan fingerprint density at radius 1 is 0.618 bits per heavy atom. The van der Waals surface area contributed by atoms with Gasteiger partial charge < -0.3 is 0 Å². The molecular formula is C12HF19N2O. The van der Waals surface area contributed by atoms with Crippen LogP contribution in [0.5, 0.6) is 0 Å². The predicted molar refractivity (Wildman–Crippen MR) is 63.6 cm³/mol. The molecule has 0 atom stereocenters. The van der Waals surface area contributed by atoms with Gasteiger partial charge in [0.05, 0.1) is 0 Å². The lowest BCUT2D eigenvalue weighted by atomic mass is 10.00. The second-order valence-corrected chi connectivity index (χ2v) is 6.00. The highest BCUT2D eigenvalue weighted by atomic mass is 19.4. The van der Waals surface area contributed by atoms with E-state index in [1.807, 2.05) is 0 Å². The normalized spacial score (nSPS) is 15.6. The van der Waals surface area contributed by atoms with Crippen LogP contribution in [0.4, 0.5) is 83.4 Å². The van der Waals surface area contributed by atoms with E-state index in [1.54, 1.807) is 0 Å². The van der Waals surface area contributed by atoms with Crippen LogP contribution >= 0.6 is 0 Å². The molecule has 0 spiro atoms. The van der Waals surface area contributed by atoms with Crippen molar-refractivity contribution in [3.63, 3.8) is 0 Å². The lowest BCUT2D eigenvalue weighted by Gasteiger charge is -2.34. The Morgan fingerprint density at radius 3 is 1.32 bits per heavy atom. The second-order valence-electron chi connectivity index (χ2n) is 6.00. The number of aromatic nitrogens is 2. The molecule has 0 aliphatic carbocycles. The third-order valence-electron chi connectivity index (χ3n) is 3.68. The lowest BCUT2D eigenvalue weighted by molar-refractivity contribution is -0.400. The van der Waals surface area contributed by atoms with Crippen molar-refractivity contribution in [2.24, 2.45) is 0 Å². The lowest BCUT2D eigenvalue weighted by Crippen LogP contribution is -2.61. The zero-order valence-electron chi connectivity index (χ0n) is 14.6. The molecule has 22 heteroatoms. The Bertz CT molecular complexity index is 931. The highest BCUT2D eigenvalue weighted by Crippen LogP contribution is 2.57. The predicted octanol–water partition coefficient (Wildman–Crippen LogP) is 6.30.